The quantitative estimate of drug-likeness (QED) is 0.719. The van der Waals surface area contributed by atoms with Gasteiger partial charge in [0.2, 0.25) is 0 Å². The molecule has 0 radical (unpaired) electrons. The summed E-state index contributed by atoms with van der Waals surface area (Å²) in [5, 5.41) is 1.12. The molecule has 0 saturated carbocycles. The Hall–Kier alpha value is -2.42. The lowest BCUT2D eigenvalue weighted by molar-refractivity contribution is 0.397. The summed E-state index contributed by atoms with van der Waals surface area (Å²) < 4.78 is 13.0. The van der Waals surface area contributed by atoms with E-state index in [9.17, 15) is 0 Å². The zero-order valence-corrected chi connectivity index (χ0v) is 11.7. The molecule has 0 aliphatic rings. The molecule has 2 aromatic carbocycles. The molecule has 3 nitrogen and oxygen atoms in total. The second kappa shape index (κ2) is 5.29. The maximum Gasteiger partial charge on any atom is 0.146 e. The van der Waals surface area contributed by atoms with Crippen molar-refractivity contribution in [2.45, 2.75) is 6.54 Å². The fraction of sp³-hybridized carbons (Fsp3) is 0.176. The van der Waals surface area contributed by atoms with Crippen LogP contribution in [0.15, 0.2) is 54.7 Å². The number of methoxy groups -OCH3 is 2. The standard InChI is InChI=1S/C17H17NO2/c1-19-15-10-14-8-9-18(17(14)16(11-15)20-2)12-13-6-4-3-5-7-13/h3-11H,12H2,1-2H3. The maximum atomic E-state index is 5.51. The number of rotatable bonds is 4. The van der Waals surface area contributed by atoms with Gasteiger partial charge in [-0.15, -0.1) is 0 Å². The third-order valence-corrected chi connectivity index (χ3v) is 3.45. The molecule has 0 fully saturated rings. The number of benzene rings is 2. The van der Waals surface area contributed by atoms with Gasteiger partial charge in [0, 0.05) is 24.2 Å². The van der Waals surface area contributed by atoms with E-state index in [1.165, 1.54) is 5.56 Å². The molecule has 0 bridgehead atoms. The lowest BCUT2D eigenvalue weighted by Crippen LogP contribution is -1.99. The molecule has 0 N–H and O–H groups in total. The van der Waals surface area contributed by atoms with Gasteiger partial charge in [0.15, 0.2) is 0 Å². The second-order valence-electron chi connectivity index (χ2n) is 4.70. The Bertz CT molecular complexity index is 716. The molecule has 0 aliphatic heterocycles. The summed E-state index contributed by atoms with van der Waals surface area (Å²) in [5.74, 6) is 1.65. The zero-order valence-electron chi connectivity index (χ0n) is 11.7. The van der Waals surface area contributed by atoms with Gasteiger partial charge in [-0.2, -0.15) is 0 Å². The van der Waals surface area contributed by atoms with Crippen LogP contribution in [0.2, 0.25) is 0 Å². The summed E-state index contributed by atoms with van der Waals surface area (Å²) in [4.78, 5) is 0. The van der Waals surface area contributed by atoms with Gasteiger partial charge in [-0.25, -0.2) is 0 Å². The first-order valence-electron chi connectivity index (χ1n) is 6.56. The van der Waals surface area contributed by atoms with Gasteiger partial charge in [0.1, 0.15) is 11.5 Å². The molecule has 0 amide bonds. The largest absolute Gasteiger partial charge is 0.497 e. The predicted octanol–water partition coefficient (Wildman–Crippen LogP) is 3.71. The predicted molar refractivity (Wildman–Crippen MR) is 80.6 cm³/mol. The molecule has 0 spiro atoms. The van der Waals surface area contributed by atoms with Gasteiger partial charge in [0.25, 0.3) is 0 Å². The lowest BCUT2D eigenvalue weighted by Gasteiger charge is -2.11. The molecule has 1 aromatic heterocycles. The fourth-order valence-electron chi connectivity index (χ4n) is 2.47. The average molecular weight is 267 g/mol. The van der Waals surface area contributed by atoms with Crippen molar-refractivity contribution in [2.24, 2.45) is 0 Å². The highest BCUT2D eigenvalue weighted by Crippen LogP contribution is 2.32. The summed E-state index contributed by atoms with van der Waals surface area (Å²) >= 11 is 0. The highest BCUT2D eigenvalue weighted by molar-refractivity contribution is 5.87. The molecule has 3 heteroatoms. The second-order valence-corrected chi connectivity index (χ2v) is 4.70. The molecule has 1 heterocycles. The number of aromatic nitrogens is 1. The molecule has 0 aliphatic carbocycles. The lowest BCUT2D eigenvalue weighted by atomic mass is 10.2. The summed E-state index contributed by atoms with van der Waals surface area (Å²) in [6, 6.07) is 16.4. The Kier molecular flexibility index (Phi) is 3.33. The summed E-state index contributed by atoms with van der Waals surface area (Å²) in [6.07, 6.45) is 2.08. The SMILES string of the molecule is COc1cc(OC)c2c(ccn2Cc2ccccc2)c1. The Balaban J connectivity index is 2.08. The molecule has 0 unspecified atom stereocenters. The third-order valence-electron chi connectivity index (χ3n) is 3.45. The van der Waals surface area contributed by atoms with E-state index in [-0.39, 0.29) is 0 Å². The van der Waals surface area contributed by atoms with Gasteiger partial charge in [0.05, 0.1) is 19.7 Å². The number of hydrogen-bond donors (Lipinski definition) is 0. The molecule has 20 heavy (non-hydrogen) atoms. The van der Waals surface area contributed by atoms with Crippen LogP contribution in [0.5, 0.6) is 11.5 Å². The van der Waals surface area contributed by atoms with Gasteiger partial charge >= 0.3 is 0 Å². The van der Waals surface area contributed by atoms with E-state index >= 15 is 0 Å². The number of ether oxygens (including phenoxy) is 2. The Morgan fingerprint density at radius 1 is 0.950 bits per heavy atom. The molecule has 0 atom stereocenters. The molecular weight excluding hydrogens is 250 g/mol. The summed E-state index contributed by atoms with van der Waals surface area (Å²) in [5.41, 5.74) is 2.36. The van der Waals surface area contributed by atoms with Crippen molar-refractivity contribution in [1.82, 2.24) is 4.57 Å². The van der Waals surface area contributed by atoms with Crippen LogP contribution >= 0.6 is 0 Å². The van der Waals surface area contributed by atoms with Crippen LogP contribution in [-0.4, -0.2) is 18.8 Å². The van der Waals surface area contributed by atoms with Gasteiger partial charge < -0.3 is 14.0 Å². The molecule has 3 aromatic rings. The van der Waals surface area contributed by atoms with E-state index in [2.05, 4.69) is 41.1 Å². The maximum absolute atomic E-state index is 5.51. The van der Waals surface area contributed by atoms with Crippen LogP contribution in [0.25, 0.3) is 10.9 Å². The normalized spacial score (nSPS) is 10.7. The minimum absolute atomic E-state index is 0.812. The van der Waals surface area contributed by atoms with Crippen molar-refractivity contribution in [3.8, 4) is 11.5 Å². The Labute approximate surface area is 118 Å². The van der Waals surface area contributed by atoms with Crippen molar-refractivity contribution in [2.75, 3.05) is 14.2 Å². The summed E-state index contributed by atoms with van der Waals surface area (Å²) in [6.45, 7) is 0.826. The number of hydrogen-bond acceptors (Lipinski definition) is 2. The number of nitrogens with zero attached hydrogens (tertiary/aromatic N) is 1. The molecular formula is C17H17NO2. The van der Waals surface area contributed by atoms with E-state index in [1.54, 1.807) is 14.2 Å². The average Bonchev–Trinajstić information content (AvgIpc) is 2.90. The Morgan fingerprint density at radius 2 is 1.75 bits per heavy atom. The molecule has 102 valence electrons. The van der Waals surface area contributed by atoms with Crippen molar-refractivity contribution in [3.63, 3.8) is 0 Å². The minimum Gasteiger partial charge on any atom is -0.497 e. The smallest absolute Gasteiger partial charge is 0.146 e. The van der Waals surface area contributed by atoms with E-state index in [1.807, 2.05) is 18.2 Å². The first-order valence-corrected chi connectivity index (χ1v) is 6.56. The van der Waals surface area contributed by atoms with E-state index in [4.69, 9.17) is 9.47 Å². The van der Waals surface area contributed by atoms with E-state index in [0.717, 1.165) is 28.9 Å². The highest BCUT2D eigenvalue weighted by atomic mass is 16.5. The minimum atomic E-state index is 0.812. The van der Waals surface area contributed by atoms with Crippen LogP contribution < -0.4 is 9.47 Å². The van der Waals surface area contributed by atoms with Crippen LogP contribution in [0.4, 0.5) is 0 Å². The molecule has 3 rings (SSSR count). The highest BCUT2D eigenvalue weighted by Gasteiger charge is 2.10. The van der Waals surface area contributed by atoms with Gasteiger partial charge in [-0.1, -0.05) is 30.3 Å². The van der Waals surface area contributed by atoms with Crippen LogP contribution in [0, 0.1) is 0 Å². The zero-order chi connectivity index (χ0) is 13.9. The van der Waals surface area contributed by atoms with Crippen LogP contribution in [0.3, 0.4) is 0 Å². The number of fused-ring (bicyclic) bond motifs is 1. The fourth-order valence-corrected chi connectivity index (χ4v) is 2.47. The third kappa shape index (κ3) is 2.23. The van der Waals surface area contributed by atoms with Crippen molar-refractivity contribution in [3.05, 3.63) is 60.3 Å². The van der Waals surface area contributed by atoms with E-state index in [0.29, 0.717) is 0 Å². The van der Waals surface area contributed by atoms with E-state index < -0.39 is 0 Å². The first-order chi connectivity index (χ1) is 9.81. The topological polar surface area (TPSA) is 23.4 Å². The van der Waals surface area contributed by atoms with Crippen molar-refractivity contribution in [1.29, 1.82) is 0 Å². The van der Waals surface area contributed by atoms with Gasteiger partial charge in [-0.3, -0.25) is 0 Å². The van der Waals surface area contributed by atoms with Crippen molar-refractivity contribution >= 4 is 10.9 Å². The molecule has 0 saturated heterocycles. The first kappa shape index (κ1) is 12.6. The van der Waals surface area contributed by atoms with Crippen molar-refractivity contribution < 1.29 is 9.47 Å². The van der Waals surface area contributed by atoms with Gasteiger partial charge in [-0.05, 0) is 17.7 Å². The van der Waals surface area contributed by atoms with Crippen LogP contribution in [-0.2, 0) is 6.54 Å². The monoisotopic (exact) mass is 267 g/mol. The van der Waals surface area contributed by atoms with Crippen LogP contribution in [0.1, 0.15) is 5.56 Å². The summed E-state index contributed by atoms with van der Waals surface area (Å²) in [7, 11) is 3.36. The Morgan fingerprint density at radius 3 is 2.45 bits per heavy atom.